The van der Waals surface area contributed by atoms with E-state index in [4.69, 9.17) is 4.74 Å². The van der Waals surface area contributed by atoms with E-state index in [1.165, 1.54) is 29.2 Å². The van der Waals surface area contributed by atoms with E-state index < -0.39 is 0 Å². The Kier molecular flexibility index (Phi) is 4.16. The molecule has 3 rings (SSSR count). The molecule has 0 amide bonds. The average Bonchev–Trinajstić information content (AvgIpc) is 2.93. The van der Waals surface area contributed by atoms with Crippen molar-refractivity contribution in [1.29, 1.82) is 0 Å². The lowest BCUT2D eigenvalue weighted by molar-refractivity contribution is 0.392. The number of ether oxygens (including phenoxy) is 1. The predicted molar refractivity (Wildman–Crippen MR) is 89.1 cm³/mol. The molecule has 2 aromatic rings. The molecular formula is C19H25NO. The topological polar surface area (TPSA) is 21.3 Å². The summed E-state index contributed by atoms with van der Waals surface area (Å²) >= 11 is 0. The van der Waals surface area contributed by atoms with Crippen LogP contribution < -0.4 is 10.1 Å². The van der Waals surface area contributed by atoms with Crippen LogP contribution in [0, 0.1) is 5.92 Å². The maximum Gasteiger partial charge on any atom is 0.123 e. The smallest absolute Gasteiger partial charge is 0.123 e. The first kappa shape index (κ1) is 14.4. The molecule has 2 heteroatoms. The van der Waals surface area contributed by atoms with Crippen LogP contribution in [0.5, 0.6) is 5.75 Å². The van der Waals surface area contributed by atoms with Gasteiger partial charge >= 0.3 is 0 Å². The van der Waals surface area contributed by atoms with Crippen LogP contribution in [0.1, 0.15) is 38.2 Å². The highest BCUT2D eigenvalue weighted by Gasteiger charge is 2.31. The normalized spacial score (nSPS) is 22.1. The minimum atomic E-state index is 0.549. The van der Waals surface area contributed by atoms with Gasteiger partial charge in [0.15, 0.2) is 0 Å². The zero-order chi connectivity index (χ0) is 14.8. The summed E-state index contributed by atoms with van der Waals surface area (Å²) < 4.78 is 5.69. The largest absolute Gasteiger partial charge is 0.496 e. The van der Waals surface area contributed by atoms with Gasteiger partial charge in [-0.1, -0.05) is 44.2 Å². The molecular weight excluding hydrogens is 258 g/mol. The zero-order valence-electron chi connectivity index (χ0n) is 13.2. The summed E-state index contributed by atoms with van der Waals surface area (Å²) in [6.07, 6.45) is 2.42. The van der Waals surface area contributed by atoms with Crippen molar-refractivity contribution >= 4 is 10.8 Å². The maximum absolute atomic E-state index is 5.69. The highest BCUT2D eigenvalue weighted by atomic mass is 16.5. The molecule has 0 radical (unpaired) electrons. The molecule has 1 heterocycles. The lowest BCUT2D eigenvalue weighted by Crippen LogP contribution is -2.27. The Morgan fingerprint density at radius 3 is 2.76 bits per heavy atom. The standard InChI is InChI=1S/C19H25NO/c1-13(2)12-17-16(10-11-20-17)19-15-7-5-4-6-14(15)8-9-18(19)21-3/h4-9,13,16-17,20H,10-12H2,1-3H3. The van der Waals surface area contributed by atoms with E-state index in [1.807, 2.05) is 0 Å². The van der Waals surface area contributed by atoms with Crippen LogP contribution in [0.2, 0.25) is 0 Å². The van der Waals surface area contributed by atoms with Gasteiger partial charge in [-0.3, -0.25) is 0 Å². The number of rotatable bonds is 4. The summed E-state index contributed by atoms with van der Waals surface area (Å²) in [5.74, 6) is 2.30. The first-order valence-corrected chi connectivity index (χ1v) is 7.99. The van der Waals surface area contributed by atoms with Crippen molar-refractivity contribution < 1.29 is 4.74 Å². The Balaban J connectivity index is 2.09. The molecule has 0 aromatic heterocycles. The quantitative estimate of drug-likeness (QED) is 0.901. The number of benzene rings is 2. The lowest BCUT2D eigenvalue weighted by atomic mass is 9.84. The summed E-state index contributed by atoms with van der Waals surface area (Å²) in [6, 6.07) is 13.5. The van der Waals surface area contributed by atoms with Crippen LogP contribution in [-0.4, -0.2) is 19.7 Å². The predicted octanol–water partition coefficient (Wildman–Crippen LogP) is 4.34. The van der Waals surface area contributed by atoms with E-state index in [0.717, 1.165) is 12.3 Å². The maximum atomic E-state index is 5.69. The third-order valence-electron chi connectivity index (χ3n) is 4.59. The van der Waals surface area contributed by atoms with Gasteiger partial charge in [-0.25, -0.2) is 0 Å². The highest BCUT2D eigenvalue weighted by Crippen LogP contribution is 2.40. The fraction of sp³-hybridized carbons (Fsp3) is 0.474. The molecule has 2 atom stereocenters. The molecule has 112 valence electrons. The van der Waals surface area contributed by atoms with Crippen LogP contribution in [0.4, 0.5) is 0 Å². The van der Waals surface area contributed by atoms with Crippen molar-refractivity contribution in [2.24, 2.45) is 5.92 Å². The second-order valence-electron chi connectivity index (χ2n) is 6.49. The second-order valence-corrected chi connectivity index (χ2v) is 6.49. The summed E-state index contributed by atoms with van der Waals surface area (Å²) in [5, 5.41) is 6.35. The molecule has 1 aliphatic heterocycles. The van der Waals surface area contributed by atoms with E-state index in [-0.39, 0.29) is 0 Å². The van der Waals surface area contributed by atoms with Crippen molar-refractivity contribution in [1.82, 2.24) is 5.32 Å². The fourth-order valence-electron chi connectivity index (χ4n) is 3.70. The summed E-state index contributed by atoms with van der Waals surface area (Å²) in [4.78, 5) is 0. The number of hydrogen-bond donors (Lipinski definition) is 1. The summed E-state index contributed by atoms with van der Waals surface area (Å²) in [7, 11) is 1.79. The van der Waals surface area contributed by atoms with Crippen molar-refractivity contribution in [3.63, 3.8) is 0 Å². The average molecular weight is 283 g/mol. The van der Waals surface area contributed by atoms with Crippen LogP contribution in [0.25, 0.3) is 10.8 Å². The number of methoxy groups -OCH3 is 1. The van der Waals surface area contributed by atoms with E-state index >= 15 is 0 Å². The zero-order valence-corrected chi connectivity index (χ0v) is 13.2. The van der Waals surface area contributed by atoms with Gasteiger partial charge in [0.25, 0.3) is 0 Å². The van der Waals surface area contributed by atoms with E-state index in [1.54, 1.807) is 7.11 Å². The van der Waals surface area contributed by atoms with E-state index in [0.29, 0.717) is 17.9 Å². The Morgan fingerprint density at radius 2 is 2.00 bits per heavy atom. The van der Waals surface area contributed by atoms with Gasteiger partial charge in [-0.2, -0.15) is 0 Å². The molecule has 1 N–H and O–H groups in total. The van der Waals surface area contributed by atoms with Gasteiger partial charge in [-0.15, -0.1) is 0 Å². The Labute approximate surface area is 127 Å². The molecule has 0 bridgehead atoms. The second kappa shape index (κ2) is 6.07. The third-order valence-corrected chi connectivity index (χ3v) is 4.59. The minimum Gasteiger partial charge on any atom is -0.496 e. The molecule has 2 aromatic carbocycles. The molecule has 21 heavy (non-hydrogen) atoms. The number of fused-ring (bicyclic) bond motifs is 1. The Bertz CT molecular complexity index is 620. The van der Waals surface area contributed by atoms with Crippen molar-refractivity contribution in [2.75, 3.05) is 13.7 Å². The van der Waals surface area contributed by atoms with Crippen molar-refractivity contribution in [2.45, 2.75) is 38.6 Å². The molecule has 0 aliphatic carbocycles. The Morgan fingerprint density at radius 1 is 1.19 bits per heavy atom. The first-order valence-electron chi connectivity index (χ1n) is 7.99. The number of nitrogens with one attached hydrogen (secondary N) is 1. The third kappa shape index (κ3) is 2.77. The van der Waals surface area contributed by atoms with Crippen LogP contribution in [0.3, 0.4) is 0 Å². The minimum absolute atomic E-state index is 0.549. The van der Waals surface area contributed by atoms with Gasteiger partial charge in [0.05, 0.1) is 7.11 Å². The monoisotopic (exact) mass is 283 g/mol. The van der Waals surface area contributed by atoms with E-state index in [2.05, 4.69) is 55.6 Å². The lowest BCUT2D eigenvalue weighted by Gasteiger charge is -2.25. The highest BCUT2D eigenvalue weighted by molar-refractivity contribution is 5.88. The molecule has 0 spiro atoms. The van der Waals surface area contributed by atoms with Crippen LogP contribution >= 0.6 is 0 Å². The van der Waals surface area contributed by atoms with Gasteiger partial charge < -0.3 is 10.1 Å². The number of hydrogen-bond acceptors (Lipinski definition) is 2. The first-order chi connectivity index (χ1) is 10.2. The van der Waals surface area contributed by atoms with Crippen molar-refractivity contribution in [3.05, 3.63) is 42.0 Å². The van der Waals surface area contributed by atoms with Crippen LogP contribution in [0.15, 0.2) is 36.4 Å². The van der Waals surface area contributed by atoms with Crippen LogP contribution in [-0.2, 0) is 0 Å². The molecule has 2 nitrogen and oxygen atoms in total. The Hall–Kier alpha value is -1.54. The summed E-state index contributed by atoms with van der Waals surface area (Å²) in [5.41, 5.74) is 1.39. The molecule has 1 saturated heterocycles. The van der Waals surface area contributed by atoms with Crippen molar-refractivity contribution in [3.8, 4) is 5.75 Å². The fourth-order valence-corrected chi connectivity index (χ4v) is 3.70. The van der Waals surface area contributed by atoms with Gasteiger partial charge in [0.1, 0.15) is 5.75 Å². The van der Waals surface area contributed by atoms with Gasteiger partial charge in [-0.05, 0) is 42.1 Å². The SMILES string of the molecule is COc1ccc2ccccc2c1C1CCNC1CC(C)C. The molecule has 2 unspecified atom stereocenters. The molecule has 0 saturated carbocycles. The van der Waals surface area contributed by atoms with Gasteiger partial charge in [0, 0.05) is 17.5 Å². The molecule has 1 fully saturated rings. The summed E-state index contributed by atoms with van der Waals surface area (Å²) in [6.45, 7) is 5.71. The molecule has 1 aliphatic rings. The van der Waals surface area contributed by atoms with Gasteiger partial charge in [0.2, 0.25) is 0 Å². The van der Waals surface area contributed by atoms with E-state index in [9.17, 15) is 0 Å².